The van der Waals surface area contributed by atoms with Crippen molar-refractivity contribution >= 4 is 0 Å². The summed E-state index contributed by atoms with van der Waals surface area (Å²) in [7, 11) is 0. The third kappa shape index (κ3) is 2.00. The summed E-state index contributed by atoms with van der Waals surface area (Å²) < 4.78 is 0. The van der Waals surface area contributed by atoms with Crippen molar-refractivity contribution in [1.82, 2.24) is 0 Å². The summed E-state index contributed by atoms with van der Waals surface area (Å²) in [5, 5.41) is 0. The van der Waals surface area contributed by atoms with Gasteiger partial charge in [0.2, 0.25) is 0 Å². The molecule has 0 spiro atoms. The van der Waals surface area contributed by atoms with E-state index in [-0.39, 0.29) is 0 Å². The minimum atomic E-state index is 0.364. The van der Waals surface area contributed by atoms with E-state index in [0.29, 0.717) is 16.2 Å². The Balaban J connectivity index is 2.11. The molecule has 2 saturated carbocycles. The predicted octanol–water partition coefficient (Wildman–Crippen LogP) is 6.26. The standard InChI is InChI=1S/C20H38/c1-12(2)19(7,8)20(9,10)18(5,6)11-15-16-13(3)14(4)17(15)16/h12-17H,11H2,1-10H3. The molecule has 0 radical (unpaired) electrons. The van der Waals surface area contributed by atoms with Crippen molar-refractivity contribution in [2.45, 2.75) is 75.7 Å². The molecule has 2 aliphatic carbocycles. The van der Waals surface area contributed by atoms with E-state index in [2.05, 4.69) is 69.2 Å². The monoisotopic (exact) mass is 278 g/mol. The first-order valence-corrected chi connectivity index (χ1v) is 8.86. The van der Waals surface area contributed by atoms with Crippen LogP contribution in [-0.2, 0) is 0 Å². The molecule has 0 heteroatoms. The van der Waals surface area contributed by atoms with Crippen LogP contribution < -0.4 is 0 Å². The lowest BCUT2D eigenvalue weighted by atomic mass is 9.50. The molecule has 0 aromatic carbocycles. The molecule has 118 valence electrons. The molecule has 0 amide bonds. The SMILES string of the molecule is CC1C(C)C2C(CC(C)(C)C(C)(C)C(C)(C)C(C)C)C12. The Morgan fingerprint density at radius 1 is 0.800 bits per heavy atom. The van der Waals surface area contributed by atoms with E-state index in [1.807, 2.05) is 0 Å². The van der Waals surface area contributed by atoms with Crippen LogP contribution in [0.2, 0.25) is 0 Å². The van der Waals surface area contributed by atoms with Crippen molar-refractivity contribution in [3.8, 4) is 0 Å². The van der Waals surface area contributed by atoms with Crippen LogP contribution in [0.15, 0.2) is 0 Å². The van der Waals surface area contributed by atoms with Crippen LogP contribution >= 0.6 is 0 Å². The van der Waals surface area contributed by atoms with Gasteiger partial charge >= 0.3 is 0 Å². The van der Waals surface area contributed by atoms with Gasteiger partial charge in [-0.15, -0.1) is 0 Å². The summed E-state index contributed by atoms with van der Waals surface area (Å²) in [5.41, 5.74) is 1.16. The molecule has 0 heterocycles. The molecule has 0 aromatic heterocycles. The van der Waals surface area contributed by atoms with Gasteiger partial charge in [0.1, 0.15) is 0 Å². The molecule has 0 aliphatic heterocycles. The Morgan fingerprint density at radius 3 is 1.55 bits per heavy atom. The Morgan fingerprint density at radius 2 is 1.20 bits per heavy atom. The van der Waals surface area contributed by atoms with E-state index in [1.54, 1.807) is 0 Å². The van der Waals surface area contributed by atoms with Crippen LogP contribution in [0.1, 0.15) is 75.7 Å². The highest BCUT2D eigenvalue weighted by atomic mass is 14.7. The lowest BCUT2D eigenvalue weighted by Gasteiger charge is -2.54. The molecule has 0 bridgehead atoms. The first-order valence-electron chi connectivity index (χ1n) is 8.86. The fourth-order valence-corrected chi connectivity index (χ4v) is 5.17. The lowest BCUT2D eigenvalue weighted by molar-refractivity contribution is -0.0568. The molecule has 20 heavy (non-hydrogen) atoms. The van der Waals surface area contributed by atoms with Crippen LogP contribution in [0.5, 0.6) is 0 Å². The maximum Gasteiger partial charge on any atom is -0.0249 e. The fraction of sp³-hybridized carbons (Fsp3) is 1.00. The van der Waals surface area contributed by atoms with E-state index in [1.165, 1.54) is 6.42 Å². The first kappa shape index (κ1) is 16.4. The summed E-state index contributed by atoms with van der Waals surface area (Å²) in [4.78, 5) is 0. The first-order chi connectivity index (χ1) is 8.86. The Bertz CT molecular complexity index is 357. The highest BCUT2D eigenvalue weighted by Gasteiger charge is 2.66. The van der Waals surface area contributed by atoms with E-state index in [9.17, 15) is 0 Å². The van der Waals surface area contributed by atoms with Crippen LogP contribution in [0, 0.1) is 51.8 Å². The van der Waals surface area contributed by atoms with Gasteiger partial charge in [-0.25, -0.2) is 0 Å². The summed E-state index contributed by atoms with van der Waals surface area (Å²) >= 11 is 0. The van der Waals surface area contributed by atoms with Crippen LogP contribution in [0.3, 0.4) is 0 Å². The van der Waals surface area contributed by atoms with Crippen LogP contribution in [-0.4, -0.2) is 0 Å². The molecular weight excluding hydrogens is 240 g/mol. The molecular formula is C20H38. The average molecular weight is 279 g/mol. The zero-order chi connectivity index (χ0) is 15.7. The average Bonchev–Trinajstić information content (AvgIpc) is 2.96. The van der Waals surface area contributed by atoms with Gasteiger partial charge in [-0.3, -0.25) is 0 Å². The fourth-order valence-electron chi connectivity index (χ4n) is 5.17. The molecule has 0 N–H and O–H groups in total. The van der Waals surface area contributed by atoms with Gasteiger partial charge in [0.15, 0.2) is 0 Å². The highest BCUT2D eigenvalue weighted by Crippen LogP contribution is 2.72. The van der Waals surface area contributed by atoms with E-state index in [0.717, 1.165) is 35.5 Å². The predicted molar refractivity (Wildman–Crippen MR) is 89.6 cm³/mol. The molecule has 4 atom stereocenters. The molecule has 2 rings (SSSR count). The maximum absolute atomic E-state index is 2.53. The molecule has 2 aliphatic rings. The highest BCUT2D eigenvalue weighted by molar-refractivity contribution is 5.14. The summed E-state index contributed by atoms with van der Waals surface area (Å²) in [6.07, 6.45) is 1.43. The second-order valence-corrected chi connectivity index (χ2v) is 10.1. The second kappa shape index (κ2) is 4.50. The van der Waals surface area contributed by atoms with E-state index >= 15 is 0 Å². The Labute approximate surface area is 128 Å². The van der Waals surface area contributed by atoms with Gasteiger partial charge in [-0.2, -0.15) is 0 Å². The zero-order valence-corrected chi connectivity index (χ0v) is 15.7. The second-order valence-electron chi connectivity index (χ2n) is 10.1. The van der Waals surface area contributed by atoms with Gasteiger partial charge in [0.25, 0.3) is 0 Å². The van der Waals surface area contributed by atoms with Gasteiger partial charge in [-0.1, -0.05) is 69.2 Å². The van der Waals surface area contributed by atoms with Gasteiger partial charge in [-0.05, 0) is 58.2 Å². The normalized spacial score (nSPS) is 37.6. The topological polar surface area (TPSA) is 0 Å². The number of fused-ring (bicyclic) bond motifs is 1. The van der Waals surface area contributed by atoms with Crippen molar-refractivity contribution in [3.63, 3.8) is 0 Å². The van der Waals surface area contributed by atoms with Crippen LogP contribution in [0.4, 0.5) is 0 Å². The van der Waals surface area contributed by atoms with Crippen molar-refractivity contribution < 1.29 is 0 Å². The minimum absolute atomic E-state index is 0.364. The summed E-state index contributed by atoms with van der Waals surface area (Å²) in [6, 6.07) is 0. The Hall–Kier alpha value is 0. The van der Waals surface area contributed by atoms with Crippen molar-refractivity contribution in [1.29, 1.82) is 0 Å². The molecule has 0 aromatic rings. The van der Waals surface area contributed by atoms with Gasteiger partial charge in [0, 0.05) is 0 Å². The van der Waals surface area contributed by atoms with Crippen molar-refractivity contribution in [2.24, 2.45) is 51.8 Å². The smallest absolute Gasteiger partial charge is 0.0249 e. The van der Waals surface area contributed by atoms with E-state index < -0.39 is 0 Å². The zero-order valence-electron chi connectivity index (χ0n) is 15.7. The molecule has 2 fully saturated rings. The molecule has 0 nitrogen and oxygen atoms in total. The maximum atomic E-state index is 2.53. The molecule has 0 saturated heterocycles. The number of hydrogen-bond acceptors (Lipinski definition) is 0. The lowest BCUT2D eigenvalue weighted by Crippen LogP contribution is -2.47. The van der Waals surface area contributed by atoms with Gasteiger partial charge < -0.3 is 0 Å². The van der Waals surface area contributed by atoms with Crippen molar-refractivity contribution in [2.75, 3.05) is 0 Å². The quantitative estimate of drug-likeness (QED) is 0.557. The summed E-state index contributed by atoms with van der Waals surface area (Å²) in [6.45, 7) is 24.8. The third-order valence-electron chi connectivity index (χ3n) is 8.83. The minimum Gasteiger partial charge on any atom is -0.0622 e. The number of rotatable bonds is 5. The third-order valence-corrected chi connectivity index (χ3v) is 8.83. The van der Waals surface area contributed by atoms with Crippen LogP contribution in [0.25, 0.3) is 0 Å². The van der Waals surface area contributed by atoms with Crippen molar-refractivity contribution in [3.05, 3.63) is 0 Å². The largest absolute Gasteiger partial charge is 0.0622 e. The molecule has 4 unspecified atom stereocenters. The Kier molecular flexibility index (Phi) is 3.68. The van der Waals surface area contributed by atoms with E-state index in [4.69, 9.17) is 0 Å². The van der Waals surface area contributed by atoms with Gasteiger partial charge in [0.05, 0.1) is 0 Å². The summed E-state index contributed by atoms with van der Waals surface area (Å²) in [5.74, 6) is 5.87. The number of hydrogen-bond donors (Lipinski definition) is 0.